The fraction of sp³-hybridized carbons (Fsp3) is 1.00. The van der Waals surface area contributed by atoms with E-state index in [2.05, 4.69) is 19.2 Å². The Labute approximate surface area is 101 Å². The first-order chi connectivity index (χ1) is 7.81. The lowest BCUT2D eigenvalue weighted by Gasteiger charge is -2.33. The molecule has 0 saturated heterocycles. The molecule has 1 rings (SSSR count). The van der Waals surface area contributed by atoms with Gasteiger partial charge in [0.05, 0.1) is 0 Å². The molecule has 16 heavy (non-hydrogen) atoms. The second kappa shape index (κ2) is 8.08. The smallest absolute Gasteiger partial charge is 0.0445 e. The lowest BCUT2D eigenvalue weighted by molar-refractivity contribution is 0.193. The maximum atomic E-state index is 9.19. The van der Waals surface area contributed by atoms with E-state index in [1.165, 1.54) is 44.9 Å². The van der Waals surface area contributed by atoms with Crippen molar-refractivity contribution in [3.63, 3.8) is 0 Å². The maximum Gasteiger partial charge on any atom is 0.0445 e. The lowest BCUT2D eigenvalue weighted by atomic mass is 9.82. The Balaban J connectivity index is 2.44. The molecule has 0 radical (unpaired) electrons. The van der Waals surface area contributed by atoms with Gasteiger partial charge in [-0.05, 0) is 38.0 Å². The van der Waals surface area contributed by atoms with Crippen LogP contribution in [0.4, 0.5) is 0 Å². The molecule has 1 aliphatic rings. The van der Waals surface area contributed by atoms with Crippen LogP contribution in [0, 0.1) is 5.92 Å². The molecule has 1 unspecified atom stereocenters. The van der Waals surface area contributed by atoms with Gasteiger partial charge >= 0.3 is 0 Å². The van der Waals surface area contributed by atoms with Gasteiger partial charge < -0.3 is 10.4 Å². The standard InChI is InChI=1S/C14H29NO/c1-3-13(4-2)15-14(10-11-16)12-8-6-5-7-9-12/h12-16H,3-11H2,1-2H3. The highest BCUT2D eigenvalue weighted by Gasteiger charge is 2.24. The summed E-state index contributed by atoms with van der Waals surface area (Å²) < 4.78 is 0. The minimum absolute atomic E-state index is 0.328. The summed E-state index contributed by atoms with van der Waals surface area (Å²) in [6, 6.07) is 1.19. The van der Waals surface area contributed by atoms with Gasteiger partial charge in [-0.3, -0.25) is 0 Å². The Morgan fingerprint density at radius 2 is 1.75 bits per heavy atom. The van der Waals surface area contributed by atoms with Gasteiger partial charge in [0, 0.05) is 18.7 Å². The van der Waals surface area contributed by atoms with Crippen LogP contribution in [-0.4, -0.2) is 23.8 Å². The van der Waals surface area contributed by atoms with Crippen molar-refractivity contribution in [1.82, 2.24) is 5.32 Å². The molecule has 1 aliphatic carbocycles. The monoisotopic (exact) mass is 227 g/mol. The molecule has 1 atom stereocenters. The zero-order valence-electron chi connectivity index (χ0n) is 11.0. The number of aliphatic hydroxyl groups excluding tert-OH is 1. The van der Waals surface area contributed by atoms with Crippen LogP contribution in [0.2, 0.25) is 0 Å². The molecule has 0 bridgehead atoms. The van der Waals surface area contributed by atoms with Crippen LogP contribution in [0.25, 0.3) is 0 Å². The topological polar surface area (TPSA) is 32.3 Å². The highest BCUT2D eigenvalue weighted by atomic mass is 16.3. The van der Waals surface area contributed by atoms with Crippen LogP contribution in [-0.2, 0) is 0 Å². The molecule has 1 saturated carbocycles. The van der Waals surface area contributed by atoms with Crippen molar-refractivity contribution in [2.24, 2.45) is 5.92 Å². The van der Waals surface area contributed by atoms with Gasteiger partial charge in [-0.2, -0.15) is 0 Å². The summed E-state index contributed by atoms with van der Waals surface area (Å²) in [5.41, 5.74) is 0. The molecule has 96 valence electrons. The van der Waals surface area contributed by atoms with Gasteiger partial charge in [0.15, 0.2) is 0 Å². The van der Waals surface area contributed by atoms with Crippen molar-refractivity contribution in [2.75, 3.05) is 6.61 Å². The van der Waals surface area contributed by atoms with Crippen molar-refractivity contribution in [2.45, 2.75) is 77.3 Å². The van der Waals surface area contributed by atoms with Gasteiger partial charge in [-0.25, -0.2) is 0 Å². The highest BCUT2D eigenvalue weighted by molar-refractivity contribution is 4.81. The number of rotatable bonds is 7. The van der Waals surface area contributed by atoms with E-state index in [0.29, 0.717) is 18.7 Å². The molecule has 0 amide bonds. The number of nitrogens with one attached hydrogen (secondary N) is 1. The average Bonchev–Trinajstić information content (AvgIpc) is 2.35. The zero-order valence-corrected chi connectivity index (χ0v) is 11.0. The second-order valence-electron chi connectivity index (χ2n) is 5.20. The molecule has 2 heteroatoms. The van der Waals surface area contributed by atoms with Crippen LogP contribution in [0.5, 0.6) is 0 Å². The van der Waals surface area contributed by atoms with Crippen molar-refractivity contribution in [3.05, 3.63) is 0 Å². The Kier molecular flexibility index (Phi) is 7.06. The molecular formula is C14H29NO. The first-order valence-corrected chi connectivity index (χ1v) is 7.18. The average molecular weight is 227 g/mol. The van der Waals surface area contributed by atoms with Crippen molar-refractivity contribution >= 4 is 0 Å². The number of aliphatic hydroxyl groups is 1. The summed E-state index contributed by atoms with van der Waals surface area (Å²) in [5, 5.41) is 12.9. The van der Waals surface area contributed by atoms with E-state index in [9.17, 15) is 5.11 Å². The van der Waals surface area contributed by atoms with Crippen LogP contribution in [0.3, 0.4) is 0 Å². The van der Waals surface area contributed by atoms with Crippen molar-refractivity contribution in [3.8, 4) is 0 Å². The minimum atomic E-state index is 0.328. The normalized spacial score (nSPS) is 20.2. The molecule has 0 heterocycles. The number of hydrogen-bond donors (Lipinski definition) is 2. The Morgan fingerprint density at radius 3 is 2.25 bits per heavy atom. The first kappa shape index (κ1) is 14.0. The fourth-order valence-electron chi connectivity index (χ4n) is 2.96. The lowest BCUT2D eigenvalue weighted by Crippen LogP contribution is -2.43. The highest BCUT2D eigenvalue weighted by Crippen LogP contribution is 2.28. The number of hydrogen-bond acceptors (Lipinski definition) is 2. The van der Waals surface area contributed by atoms with E-state index in [0.717, 1.165) is 12.3 Å². The summed E-state index contributed by atoms with van der Waals surface area (Å²) in [4.78, 5) is 0. The first-order valence-electron chi connectivity index (χ1n) is 7.18. The molecule has 2 N–H and O–H groups in total. The molecule has 1 fully saturated rings. The maximum absolute atomic E-state index is 9.19. The quantitative estimate of drug-likeness (QED) is 0.700. The summed E-state index contributed by atoms with van der Waals surface area (Å²) in [7, 11) is 0. The van der Waals surface area contributed by atoms with E-state index in [1.54, 1.807) is 0 Å². The Bertz CT molecular complexity index is 162. The van der Waals surface area contributed by atoms with E-state index in [1.807, 2.05) is 0 Å². The largest absolute Gasteiger partial charge is 0.396 e. The molecule has 0 aromatic heterocycles. The zero-order chi connectivity index (χ0) is 11.8. The predicted molar refractivity (Wildman–Crippen MR) is 69.6 cm³/mol. The van der Waals surface area contributed by atoms with Crippen LogP contribution < -0.4 is 5.32 Å². The van der Waals surface area contributed by atoms with Gasteiger partial charge in [0.2, 0.25) is 0 Å². The third-order valence-electron chi connectivity index (χ3n) is 4.09. The molecule has 2 nitrogen and oxygen atoms in total. The second-order valence-corrected chi connectivity index (χ2v) is 5.20. The van der Waals surface area contributed by atoms with Gasteiger partial charge in [0.25, 0.3) is 0 Å². The molecular weight excluding hydrogens is 198 g/mol. The van der Waals surface area contributed by atoms with E-state index in [-0.39, 0.29) is 0 Å². The Hall–Kier alpha value is -0.0800. The van der Waals surface area contributed by atoms with Crippen molar-refractivity contribution < 1.29 is 5.11 Å². The summed E-state index contributed by atoms with van der Waals surface area (Å²) >= 11 is 0. The van der Waals surface area contributed by atoms with Gasteiger partial charge in [0.1, 0.15) is 0 Å². The SMILES string of the molecule is CCC(CC)NC(CCO)C1CCCCC1. The summed E-state index contributed by atoms with van der Waals surface area (Å²) in [6.45, 7) is 4.82. The minimum Gasteiger partial charge on any atom is -0.396 e. The fourth-order valence-corrected chi connectivity index (χ4v) is 2.96. The van der Waals surface area contributed by atoms with E-state index in [4.69, 9.17) is 0 Å². The molecule has 0 spiro atoms. The third-order valence-corrected chi connectivity index (χ3v) is 4.09. The van der Waals surface area contributed by atoms with Crippen LogP contribution in [0.1, 0.15) is 65.2 Å². The van der Waals surface area contributed by atoms with Crippen LogP contribution in [0.15, 0.2) is 0 Å². The summed E-state index contributed by atoms with van der Waals surface area (Å²) in [6.07, 6.45) is 10.2. The van der Waals surface area contributed by atoms with E-state index < -0.39 is 0 Å². The Morgan fingerprint density at radius 1 is 1.12 bits per heavy atom. The molecule has 0 aliphatic heterocycles. The third kappa shape index (κ3) is 4.42. The predicted octanol–water partition coefficient (Wildman–Crippen LogP) is 3.10. The molecule has 0 aromatic carbocycles. The van der Waals surface area contributed by atoms with Gasteiger partial charge in [-0.15, -0.1) is 0 Å². The van der Waals surface area contributed by atoms with Gasteiger partial charge in [-0.1, -0.05) is 33.1 Å². The van der Waals surface area contributed by atoms with E-state index >= 15 is 0 Å². The molecule has 0 aromatic rings. The van der Waals surface area contributed by atoms with Crippen LogP contribution >= 0.6 is 0 Å². The van der Waals surface area contributed by atoms with Crippen molar-refractivity contribution in [1.29, 1.82) is 0 Å². The summed E-state index contributed by atoms with van der Waals surface area (Å²) in [5.74, 6) is 0.807.